The Morgan fingerprint density at radius 2 is 1.93 bits per heavy atom. The fraction of sp³-hybridized carbons (Fsp3) is 0.636. The van der Waals surface area contributed by atoms with Crippen LogP contribution in [0.4, 0.5) is 4.39 Å². The van der Waals surface area contributed by atoms with Crippen LogP contribution in [0.3, 0.4) is 0 Å². The highest BCUT2D eigenvalue weighted by atomic mass is 35.5. The number of benzene rings is 1. The van der Waals surface area contributed by atoms with Gasteiger partial charge in [0.15, 0.2) is 0 Å². The Bertz CT molecular complexity index is 727. The van der Waals surface area contributed by atoms with E-state index in [0.29, 0.717) is 25.0 Å². The summed E-state index contributed by atoms with van der Waals surface area (Å²) in [4.78, 5) is 26.7. The minimum Gasteiger partial charge on any atom is -0.352 e. The van der Waals surface area contributed by atoms with Crippen molar-refractivity contribution in [2.24, 2.45) is 5.92 Å². The van der Waals surface area contributed by atoms with Crippen molar-refractivity contribution in [2.75, 3.05) is 19.6 Å². The van der Waals surface area contributed by atoms with Crippen molar-refractivity contribution in [3.63, 3.8) is 0 Å². The average molecular weight is 424 g/mol. The van der Waals surface area contributed by atoms with Gasteiger partial charge in [0.1, 0.15) is 5.82 Å². The molecule has 0 radical (unpaired) electrons. The highest BCUT2D eigenvalue weighted by Crippen LogP contribution is 2.28. The summed E-state index contributed by atoms with van der Waals surface area (Å²) in [6.45, 7) is 6.09. The lowest BCUT2D eigenvalue weighted by atomic mass is 9.86. The number of hydrogen-bond acceptors (Lipinski definition) is 3. The number of nitrogens with one attached hydrogen (secondary N) is 2. The number of nitrogens with zero attached hydrogens (tertiary/aromatic N) is 1. The molecule has 2 N–H and O–H groups in total. The van der Waals surface area contributed by atoms with E-state index in [0.717, 1.165) is 45.1 Å². The van der Waals surface area contributed by atoms with Gasteiger partial charge in [-0.05, 0) is 76.5 Å². The first kappa shape index (κ1) is 22.0. The Hall–Kier alpha value is -1.66. The monoisotopic (exact) mass is 423 g/mol. The Morgan fingerprint density at radius 3 is 2.55 bits per heavy atom. The van der Waals surface area contributed by atoms with Crippen LogP contribution in [0.15, 0.2) is 18.2 Å². The van der Waals surface area contributed by atoms with Crippen LogP contribution in [0.1, 0.15) is 62.7 Å². The maximum Gasteiger partial charge on any atom is 0.251 e. The van der Waals surface area contributed by atoms with Crippen molar-refractivity contribution in [3.8, 4) is 0 Å². The Kier molecular flexibility index (Phi) is 7.17. The van der Waals surface area contributed by atoms with Crippen molar-refractivity contribution in [1.82, 2.24) is 15.5 Å². The molecule has 1 aliphatic carbocycles. The number of hydrogen-bond donors (Lipinski definition) is 2. The Balaban J connectivity index is 1.37. The molecule has 1 aromatic rings. The van der Waals surface area contributed by atoms with Crippen molar-refractivity contribution in [1.29, 1.82) is 0 Å². The normalized spacial score (nSPS) is 23.8. The van der Waals surface area contributed by atoms with Crippen LogP contribution in [-0.4, -0.2) is 47.9 Å². The zero-order valence-corrected chi connectivity index (χ0v) is 18.0. The van der Waals surface area contributed by atoms with Gasteiger partial charge in [0.25, 0.3) is 5.91 Å². The van der Waals surface area contributed by atoms with Gasteiger partial charge in [-0.3, -0.25) is 9.59 Å². The zero-order valence-electron chi connectivity index (χ0n) is 17.3. The molecule has 5 nitrogen and oxygen atoms in total. The van der Waals surface area contributed by atoms with Crippen LogP contribution in [0.2, 0.25) is 5.02 Å². The lowest BCUT2D eigenvalue weighted by Gasteiger charge is -2.33. The molecule has 1 saturated heterocycles. The molecule has 0 spiro atoms. The summed E-state index contributed by atoms with van der Waals surface area (Å²) in [5.41, 5.74) is 0.217. The number of carbonyl (C=O) groups is 2. The fourth-order valence-electron chi connectivity index (χ4n) is 4.49. The minimum atomic E-state index is -0.513. The number of rotatable bonds is 6. The van der Waals surface area contributed by atoms with Crippen LogP contribution in [0.25, 0.3) is 0 Å². The van der Waals surface area contributed by atoms with E-state index in [1.807, 2.05) is 4.90 Å². The largest absolute Gasteiger partial charge is 0.352 e. The number of halogens is 2. The van der Waals surface area contributed by atoms with E-state index in [1.54, 1.807) is 0 Å². The maximum absolute atomic E-state index is 13.4. The lowest BCUT2D eigenvalue weighted by molar-refractivity contribution is -0.133. The average Bonchev–Trinajstić information content (AvgIpc) is 3.03. The lowest BCUT2D eigenvalue weighted by Crippen LogP contribution is -2.48. The molecule has 0 bridgehead atoms. The van der Waals surface area contributed by atoms with Crippen LogP contribution in [0.5, 0.6) is 0 Å². The van der Waals surface area contributed by atoms with E-state index in [1.165, 1.54) is 18.2 Å². The van der Waals surface area contributed by atoms with Gasteiger partial charge in [-0.25, -0.2) is 4.39 Å². The molecule has 1 aliphatic heterocycles. The van der Waals surface area contributed by atoms with Crippen molar-refractivity contribution in [3.05, 3.63) is 34.6 Å². The summed E-state index contributed by atoms with van der Waals surface area (Å²) in [6, 6.07) is 4.20. The summed E-state index contributed by atoms with van der Waals surface area (Å²) in [6.07, 6.45) is 6.11. The van der Waals surface area contributed by atoms with Gasteiger partial charge < -0.3 is 15.5 Å². The summed E-state index contributed by atoms with van der Waals surface area (Å²) in [5.74, 6) is -0.226. The molecule has 0 unspecified atom stereocenters. The number of amides is 2. The quantitative estimate of drug-likeness (QED) is 0.732. The van der Waals surface area contributed by atoms with E-state index in [-0.39, 0.29) is 27.9 Å². The highest BCUT2D eigenvalue weighted by Gasteiger charge is 2.35. The van der Waals surface area contributed by atoms with E-state index in [2.05, 4.69) is 24.5 Å². The Labute approximate surface area is 177 Å². The third-order valence-corrected chi connectivity index (χ3v) is 6.49. The SMILES string of the molecule is CC1(C)CCCN1C(=O)CN[C@H]1CC[C@H](CNC(=O)c2cc(F)cc(Cl)c2)CC1. The maximum atomic E-state index is 13.4. The molecule has 1 saturated carbocycles. The summed E-state index contributed by atoms with van der Waals surface area (Å²) >= 11 is 5.81. The molecular formula is C22H31ClFN3O2. The summed E-state index contributed by atoms with van der Waals surface area (Å²) in [7, 11) is 0. The van der Waals surface area contributed by atoms with Crippen LogP contribution >= 0.6 is 11.6 Å². The van der Waals surface area contributed by atoms with E-state index < -0.39 is 5.82 Å². The van der Waals surface area contributed by atoms with E-state index >= 15 is 0 Å². The van der Waals surface area contributed by atoms with E-state index in [4.69, 9.17) is 11.6 Å². The van der Waals surface area contributed by atoms with Crippen molar-refractivity contribution in [2.45, 2.75) is 64.0 Å². The molecule has 2 aliphatic rings. The predicted molar refractivity (Wildman–Crippen MR) is 113 cm³/mol. The summed E-state index contributed by atoms with van der Waals surface area (Å²) < 4.78 is 13.4. The first-order valence-electron chi connectivity index (χ1n) is 10.5. The highest BCUT2D eigenvalue weighted by molar-refractivity contribution is 6.31. The smallest absolute Gasteiger partial charge is 0.251 e. The third kappa shape index (κ3) is 5.92. The molecule has 7 heteroatoms. The van der Waals surface area contributed by atoms with Gasteiger partial charge in [0, 0.05) is 35.3 Å². The molecule has 160 valence electrons. The van der Waals surface area contributed by atoms with Crippen LogP contribution in [-0.2, 0) is 4.79 Å². The molecule has 0 aromatic heterocycles. The third-order valence-electron chi connectivity index (χ3n) is 6.27. The van der Waals surface area contributed by atoms with Gasteiger partial charge in [-0.2, -0.15) is 0 Å². The molecule has 0 atom stereocenters. The molecule has 1 heterocycles. The predicted octanol–water partition coefficient (Wildman–Crippen LogP) is 3.76. The minimum absolute atomic E-state index is 0.0273. The first-order valence-corrected chi connectivity index (χ1v) is 10.9. The van der Waals surface area contributed by atoms with Gasteiger partial charge in [-0.1, -0.05) is 11.6 Å². The van der Waals surface area contributed by atoms with Gasteiger partial charge in [0.2, 0.25) is 5.91 Å². The second-order valence-electron chi connectivity index (χ2n) is 8.93. The zero-order chi connectivity index (χ0) is 21.0. The van der Waals surface area contributed by atoms with Crippen LogP contribution < -0.4 is 10.6 Å². The fourth-order valence-corrected chi connectivity index (χ4v) is 4.71. The van der Waals surface area contributed by atoms with Crippen molar-refractivity contribution < 1.29 is 14.0 Å². The molecule has 2 amide bonds. The second-order valence-corrected chi connectivity index (χ2v) is 9.36. The van der Waals surface area contributed by atoms with Gasteiger partial charge in [-0.15, -0.1) is 0 Å². The Morgan fingerprint density at radius 1 is 1.21 bits per heavy atom. The molecule has 29 heavy (non-hydrogen) atoms. The van der Waals surface area contributed by atoms with Crippen molar-refractivity contribution >= 4 is 23.4 Å². The van der Waals surface area contributed by atoms with Gasteiger partial charge in [0.05, 0.1) is 6.54 Å². The molecule has 2 fully saturated rings. The van der Waals surface area contributed by atoms with Gasteiger partial charge >= 0.3 is 0 Å². The molecule has 3 rings (SSSR count). The molecule has 1 aromatic carbocycles. The number of carbonyl (C=O) groups excluding carboxylic acids is 2. The first-order chi connectivity index (χ1) is 13.7. The molecular weight excluding hydrogens is 393 g/mol. The topological polar surface area (TPSA) is 61.4 Å². The summed E-state index contributed by atoms with van der Waals surface area (Å²) in [5, 5.41) is 6.53. The van der Waals surface area contributed by atoms with E-state index in [9.17, 15) is 14.0 Å². The number of likely N-dealkylation sites (tertiary alicyclic amines) is 1. The van der Waals surface area contributed by atoms with Crippen LogP contribution in [0, 0.1) is 11.7 Å². The standard InChI is InChI=1S/C22H31ClFN3O2/c1-22(2)8-3-9-27(22)20(28)14-25-19-6-4-15(5-7-19)13-26-21(29)16-10-17(23)12-18(24)11-16/h10-12,15,19,25H,3-9,13-14H2,1-2H3,(H,26,29)/t15-,19-. The second kappa shape index (κ2) is 9.43.